The van der Waals surface area contributed by atoms with Gasteiger partial charge >= 0.3 is 6.18 Å². The number of carbonyl (C=O) groups is 1. The highest BCUT2D eigenvalue weighted by molar-refractivity contribution is 7.91. The number of hydrogen-bond acceptors (Lipinski definition) is 7. The maximum absolute atomic E-state index is 13.2. The molecule has 0 aliphatic rings. The minimum absolute atomic E-state index is 0.0231. The summed E-state index contributed by atoms with van der Waals surface area (Å²) in [4.78, 5) is 18.6. The number of carbonyl (C=O) groups excluding carboxylic acids is 1. The molecule has 0 aliphatic heterocycles. The molecule has 2 rings (SSSR count). The van der Waals surface area contributed by atoms with E-state index in [0.29, 0.717) is 18.3 Å². The number of amides is 1. The Kier molecular flexibility index (Phi) is 7.59. The summed E-state index contributed by atoms with van der Waals surface area (Å²) < 4.78 is 63.7. The van der Waals surface area contributed by atoms with Crippen molar-refractivity contribution in [3.8, 4) is 0 Å². The standard InChI is InChI=1S/C18H22F3N5O3S/c1-3-10-30(28,29)14-6-4-13(5-7-14)25-17-24-11-15(18(19,20)21)16(26-17)23-9-8-22-12(2)27/h4-7,11H,3,8-10H2,1-2H3,(H,22,27)(H2,23,24,25,26). The number of aromatic nitrogens is 2. The zero-order valence-corrected chi connectivity index (χ0v) is 17.2. The number of benzene rings is 1. The number of sulfone groups is 1. The molecule has 0 fully saturated rings. The molecular weight excluding hydrogens is 423 g/mol. The molecule has 0 saturated heterocycles. The zero-order chi connectivity index (χ0) is 22.4. The van der Waals surface area contributed by atoms with E-state index in [-0.39, 0.29) is 35.6 Å². The predicted molar refractivity (Wildman–Crippen MR) is 106 cm³/mol. The van der Waals surface area contributed by atoms with Gasteiger partial charge in [-0.3, -0.25) is 4.79 Å². The Balaban J connectivity index is 2.19. The van der Waals surface area contributed by atoms with E-state index in [4.69, 9.17) is 0 Å². The van der Waals surface area contributed by atoms with Crippen molar-refractivity contribution in [2.24, 2.45) is 0 Å². The van der Waals surface area contributed by atoms with Gasteiger partial charge in [-0.1, -0.05) is 6.92 Å². The van der Waals surface area contributed by atoms with Crippen LogP contribution in [-0.2, 0) is 20.8 Å². The third-order valence-electron chi connectivity index (χ3n) is 3.83. The van der Waals surface area contributed by atoms with E-state index in [2.05, 4.69) is 25.9 Å². The molecule has 1 amide bonds. The number of halogens is 3. The van der Waals surface area contributed by atoms with Gasteiger partial charge in [0.15, 0.2) is 9.84 Å². The minimum atomic E-state index is -4.66. The Labute approximate surface area is 172 Å². The van der Waals surface area contributed by atoms with Gasteiger partial charge in [-0.15, -0.1) is 0 Å². The average Bonchev–Trinajstić information content (AvgIpc) is 2.65. The van der Waals surface area contributed by atoms with Crippen LogP contribution in [0.4, 0.5) is 30.6 Å². The number of rotatable bonds is 9. The van der Waals surface area contributed by atoms with Crippen LogP contribution >= 0.6 is 0 Å². The van der Waals surface area contributed by atoms with E-state index in [1.165, 1.54) is 31.2 Å². The van der Waals surface area contributed by atoms with Crippen LogP contribution in [0.25, 0.3) is 0 Å². The third kappa shape index (κ3) is 6.58. The molecule has 3 N–H and O–H groups in total. The summed E-state index contributed by atoms with van der Waals surface area (Å²) in [6.45, 7) is 3.21. The first-order valence-electron chi connectivity index (χ1n) is 9.05. The quantitative estimate of drug-likeness (QED) is 0.509. The summed E-state index contributed by atoms with van der Waals surface area (Å²) in [6, 6.07) is 5.77. The Morgan fingerprint density at radius 1 is 1.13 bits per heavy atom. The fourth-order valence-corrected chi connectivity index (χ4v) is 3.79. The third-order valence-corrected chi connectivity index (χ3v) is 5.76. The van der Waals surface area contributed by atoms with E-state index in [0.717, 1.165) is 0 Å². The van der Waals surface area contributed by atoms with Crippen LogP contribution in [0.2, 0.25) is 0 Å². The van der Waals surface area contributed by atoms with Crippen LogP contribution in [0.1, 0.15) is 25.8 Å². The van der Waals surface area contributed by atoms with Gasteiger partial charge < -0.3 is 16.0 Å². The van der Waals surface area contributed by atoms with Crippen LogP contribution in [0, 0.1) is 0 Å². The highest BCUT2D eigenvalue weighted by Crippen LogP contribution is 2.34. The lowest BCUT2D eigenvalue weighted by Crippen LogP contribution is -2.27. The molecule has 0 spiro atoms. The van der Waals surface area contributed by atoms with Crippen LogP contribution in [-0.4, -0.2) is 43.1 Å². The van der Waals surface area contributed by atoms with E-state index in [1.54, 1.807) is 6.92 Å². The molecular formula is C18H22F3N5O3S. The van der Waals surface area contributed by atoms with Crippen molar-refractivity contribution in [2.75, 3.05) is 29.5 Å². The van der Waals surface area contributed by atoms with Crippen molar-refractivity contribution in [1.29, 1.82) is 0 Å². The van der Waals surface area contributed by atoms with Crippen molar-refractivity contribution in [1.82, 2.24) is 15.3 Å². The topological polar surface area (TPSA) is 113 Å². The lowest BCUT2D eigenvalue weighted by Gasteiger charge is -2.15. The van der Waals surface area contributed by atoms with Crippen molar-refractivity contribution in [3.05, 3.63) is 36.0 Å². The second-order valence-electron chi connectivity index (χ2n) is 6.33. The Hall–Kier alpha value is -2.89. The van der Waals surface area contributed by atoms with Gasteiger partial charge in [-0.25, -0.2) is 13.4 Å². The monoisotopic (exact) mass is 445 g/mol. The smallest absolute Gasteiger partial charge is 0.368 e. The fourth-order valence-electron chi connectivity index (χ4n) is 2.46. The van der Waals surface area contributed by atoms with Crippen molar-refractivity contribution >= 4 is 33.2 Å². The molecule has 2 aromatic rings. The second-order valence-corrected chi connectivity index (χ2v) is 8.44. The summed E-state index contributed by atoms with van der Waals surface area (Å²) in [6.07, 6.45) is -3.53. The second kappa shape index (κ2) is 9.74. The Morgan fingerprint density at radius 3 is 2.37 bits per heavy atom. The van der Waals surface area contributed by atoms with Gasteiger partial charge in [-0.2, -0.15) is 18.2 Å². The van der Waals surface area contributed by atoms with Gasteiger partial charge in [0.25, 0.3) is 0 Å². The maximum Gasteiger partial charge on any atom is 0.421 e. The summed E-state index contributed by atoms with van der Waals surface area (Å²) >= 11 is 0. The average molecular weight is 445 g/mol. The van der Waals surface area contributed by atoms with Gasteiger partial charge in [0, 0.05) is 31.9 Å². The SMILES string of the molecule is CCCS(=O)(=O)c1ccc(Nc2ncc(C(F)(F)F)c(NCCNC(C)=O)n2)cc1. The first kappa shape index (κ1) is 23.4. The molecule has 0 unspecified atom stereocenters. The van der Waals surface area contributed by atoms with Gasteiger partial charge in [0.05, 0.1) is 10.6 Å². The maximum atomic E-state index is 13.2. The summed E-state index contributed by atoms with van der Waals surface area (Å²) in [5.74, 6) is -0.820. The molecule has 164 valence electrons. The highest BCUT2D eigenvalue weighted by atomic mass is 32.2. The molecule has 1 heterocycles. The molecule has 0 aliphatic carbocycles. The summed E-state index contributed by atoms with van der Waals surface area (Å²) in [7, 11) is -3.37. The van der Waals surface area contributed by atoms with Gasteiger partial charge in [-0.05, 0) is 30.7 Å². The molecule has 1 aromatic carbocycles. The Morgan fingerprint density at radius 2 is 1.80 bits per heavy atom. The zero-order valence-electron chi connectivity index (χ0n) is 16.4. The molecule has 0 radical (unpaired) electrons. The first-order chi connectivity index (χ1) is 14.0. The lowest BCUT2D eigenvalue weighted by molar-refractivity contribution is -0.137. The number of nitrogens with one attached hydrogen (secondary N) is 3. The molecule has 30 heavy (non-hydrogen) atoms. The normalized spacial score (nSPS) is 11.8. The molecule has 0 saturated carbocycles. The molecule has 12 heteroatoms. The van der Waals surface area contributed by atoms with E-state index >= 15 is 0 Å². The van der Waals surface area contributed by atoms with Crippen LogP contribution in [0.3, 0.4) is 0 Å². The lowest BCUT2D eigenvalue weighted by atomic mass is 10.3. The minimum Gasteiger partial charge on any atom is -0.368 e. The first-order valence-corrected chi connectivity index (χ1v) is 10.7. The molecule has 8 nitrogen and oxygen atoms in total. The van der Waals surface area contributed by atoms with E-state index in [9.17, 15) is 26.4 Å². The number of hydrogen-bond donors (Lipinski definition) is 3. The number of alkyl halides is 3. The highest BCUT2D eigenvalue weighted by Gasteiger charge is 2.35. The largest absolute Gasteiger partial charge is 0.421 e. The van der Waals surface area contributed by atoms with Crippen LogP contribution < -0.4 is 16.0 Å². The van der Waals surface area contributed by atoms with Crippen molar-refractivity contribution < 1.29 is 26.4 Å². The molecule has 0 bridgehead atoms. The van der Waals surface area contributed by atoms with Gasteiger partial charge in [0.1, 0.15) is 11.4 Å². The van der Waals surface area contributed by atoms with E-state index in [1.807, 2.05) is 0 Å². The van der Waals surface area contributed by atoms with Crippen molar-refractivity contribution in [2.45, 2.75) is 31.3 Å². The van der Waals surface area contributed by atoms with E-state index < -0.39 is 27.4 Å². The number of nitrogens with zero attached hydrogens (tertiary/aromatic N) is 2. The summed E-state index contributed by atoms with van der Waals surface area (Å²) in [5.41, 5.74) is -0.633. The fraction of sp³-hybridized carbons (Fsp3) is 0.389. The molecule has 1 aromatic heterocycles. The predicted octanol–water partition coefficient (Wildman–Crippen LogP) is 2.97. The van der Waals surface area contributed by atoms with Crippen molar-refractivity contribution in [3.63, 3.8) is 0 Å². The summed E-state index contributed by atoms with van der Waals surface area (Å²) in [5, 5.41) is 7.75. The Bertz CT molecular complexity index is 980. The number of anilines is 3. The van der Waals surface area contributed by atoms with Crippen LogP contribution in [0.15, 0.2) is 35.4 Å². The van der Waals surface area contributed by atoms with Crippen LogP contribution in [0.5, 0.6) is 0 Å². The van der Waals surface area contributed by atoms with Gasteiger partial charge in [0.2, 0.25) is 11.9 Å². The molecule has 0 atom stereocenters.